The number of nitrogens with one attached hydrogen (secondary N) is 2. The summed E-state index contributed by atoms with van der Waals surface area (Å²) in [5.74, 6) is -2.35. The van der Waals surface area contributed by atoms with Crippen molar-refractivity contribution in [2.75, 3.05) is 5.32 Å². The quantitative estimate of drug-likeness (QED) is 0.357. The van der Waals surface area contributed by atoms with Gasteiger partial charge in [0.05, 0.1) is 4.90 Å². The molecule has 4 N–H and O–H groups in total. The highest BCUT2D eigenvalue weighted by Gasteiger charge is 2.16. The molecular weight excluding hydrogens is 448 g/mol. The largest absolute Gasteiger partial charge is 0.320 e. The third kappa shape index (κ3) is 6.18. The van der Waals surface area contributed by atoms with Crippen molar-refractivity contribution in [2.24, 2.45) is 5.14 Å². The maximum absolute atomic E-state index is 14.6. The number of rotatable bonds is 5. The number of anilines is 1. The molecule has 0 bridgehead atoms. The van der Waals surface area contributed by atoms with Gasteiger partial charge in [0.25, 0.3) is 5.91 Å². The molecule has 0 radical (unpaired) electrons. The third-order valence-electron chi connectivity index (χ3n) is 4.77. The second-order valence-corrected chi connectivity index (χ2v) is 8.51. The van der Waals surface area contributed by atoms with E-state index in [0.29, 0.717) is 27.9 Å². The van der Waals surface area contributed by atoms with Gasteiger partial charge in [-0.1, -0.05) is 36.4 Å². The van der Waals surface area contributed by atoms with Crippen LogP contribution in [0.15, 0.2) is 77.5 Å². The SMILES string of the molecule is C/C(=C(\F)C(=O)Nc1ccc(-c2ccccc2S(N)(=O)=O)cc1)c1ccc(F)c(C)c1.C=N. The summed E-state index contributed by atoms with van der Waals surface area (Å²) in [5, 5.41) is 13.2. The van der Waals surface area contributed by atoms with Gasteiger partial charge in [0.1, 0.15) is 5.82 Å². The van der Waals surface area contributed by atoms with Crippen LogP contribution < -0.4 is 10.5 Å². The molecule has 3 rings (SSSR count). The van der Waals surface area contributed by atoms with Crippen LogP contribution in [0.3, 0.4) is 0 Å². The van der Waals surface area contributed by atoms with Crippen molar-refractivity contribution in [3.05, 3.63) is 89.5 Å². The van der Waals surface area contributed by atoms with E-state index in [9.17, 15) is 22.0 Å². The minimum atomic E-state index is -3.91. The normalized spacial score (nSPS) is 11.7. The van der Waals surface area contributed by atoms with Crippen molar-refractivity contribution in [3.8, 4) is 11.1 Å². The molecule has 172 valence electrons. The van der Waals surface area contributed by atoms with Crippen LogP contribution in [0.2, 0.25) is 0 Å². The van der Waals surface area contributed by atoms with Gasteiger partial charge in [0.2, 0.25) is 10.0 Å². The van der Waals surface area contributed by atoms with Crippen LogP contribution in [0, 0.1) is 18.2 Å². The fourth-order valence-electron chi connectivity index (χ4n) is 3.05. The fourth-order valence-corrected chi connectivity index (χ4v) is 3.81. The first-order valence-corrected chi connectivity index (χ1v) is 11.1. The zero-order valence-electron chi connectivity index (χ0n) is 18.0. The molecule has 0 aromatic heterocycles. The van der Waals surface area contributed by atoms with Crippen LogP contribution in [0.4, 0.5) is 14.5 Å². The van der Waals surface area contributed by atoms with Crippen LogP contribution in [0.1, 0.15) is 18.1 Å². The second-order valence-electron chi connectivity index (χ2n) is 6.98. The smallest absolute Gasteiger partial charge is 0.284 e. The standard InChI is InChI=1S/C23H20F2N2O3S.CH3N/c1-14-13-17(9-12-20(14)24)15(2)22(25)23(28)27-18-10-7-16(8-11-18)19-5-3-4-6-21(19)31(26,29)30;1-2/h3-13H,1-2H3,(H,27,28)(H2,26,29,30);2H,1H2/b22-15+;. The Kier molecular flexibility index (Phi) is 8.33. The number of halogens is 2. The van der Waals surface area contributed by atoms with Gasteiger partial charge >= 0.3 is 0 Å². The summed E-state index contributed by atoms with van der Waals surface area (Å²) in [5.41, 5.74) is 2.13. The lowest BCUT2D eigenvalue weighted by atomic mass is 10.0. The highest BCUT2D eigenvalue weighted by Crippen LogP contribution is 2.28. The molecule has 3 aromatic rings. The molecular formula is C24H23F2N3O3S. The lowest BCUT2D eigenvalue weighted by Crippen LogP contribution is -2.13. The highest BCUT2D eigenvalue weighted by molar-refractivity contribution is 7.89. The topological polar surface area (TPSA) is 113 Å². The molecule has 9 heteroatoms. The third-order valence-corrected chi connectivity index (χ3v) is 5.74. The van der Waals surface area contributed by atoms with Crippen LogP contribution in [-0.2, 0) is 14.8 Å². The van der Waals surface area contributed by atoms with Crippen molar-refractivity contribution >= 4 is 33.9 Å². The first-order valence-electron chi connectivity index (χ1n) is 9.60. The number of hydrogen-bond donors (Lipinski definition) is 3. The van der Waals surface area contributed by atoms with E-state index in [0.717, 1.165) is 0 Å². The van der Waals surface area contributed by atoms with Gasteiger partial charge in [-0.15, -0.1) is 0 Å². The Morgan fingerprint density at radius 3 is 2.21 bits per heavy atom. The summed E-state index contributed by atoms with van der Waals surface area (Å²) in [6, 6.07) is 16.6. The monoisotopic (exact) mass is 471 g/mol. The number of allylic oxidation sites excluding steroid dienone is 1. The Morgan fingerprint density at radius 1 is 1.03 bits per heavy atom. The predicted octanol–water partition coefficient (Wildman–Crippen LogP) is 5.05. The zero-order valence-corrected chi connectivity index (χ0v) is 18.8. The minimum absolute atomic E-state index is 0.0222. The molecule has 0 aliphatic carbocycles. The summed E-state index contributed by atoms with van der Waals surface area (Å²) < 4.78 is 51.6. The van der Waals surface area contributed by atoms with Gasteiger partial charge in [-0.3, -0.25) is 4.79 Å². The average molecular weight is 472 g/mol. The molecule has 0 heterocycles. The van der Waals surface area contributed by atoms with E-state index in [2.05, 4.69) is 12.0 Å². The van der Waals surface area contributed by atoms with E-state index in [1.54, 1.807) is 37.3 Å². The van der Waals surface area contributed by atoms with Gasteiger partial charge in [-0.05, 0) is 73.2 Å². The van der Waals surface area contributed by atoms with Crippen molar-refractivity contribution in [1.82, 2.24) is 0 Å². The van der Waals surface area contributed by atoms with Gasteiger partial charge in [0, 0.05) is 11.3 Å². The minimum Gasteiger partial charge on any atom is -0.320 e. The fraction of sp³-hybridized carbons (Fsp3) is 0.0833. The molecule has 0 aliphatic heterocycles. The Balaban J connectivity index is 0.00000187. The maximum Gasteiger partial charge on any atom is 0.284 e. The number of carbonyl (C=O) groups is 1. The van der Waals surface area contributed by atoms with Crippen LogP contribution in [-0.4, -0.2) is 21.0 Å². The van der Waals surface area contributed by atoms with Gasteiger partial charge in [0.15, 0.2) is 5.83 Å². The lowest BCUT2D eigenvalue weighted by Gasteiger charge is -2.10. The maximum atomic E-state index is 14.6. The summed E-state index contributed by atoms with van der Waals surface area (Å²) in [4.78, 5) is 12.3. The molecule has 0 fully saturated rings. The number of aryl methyl sites for hydroxylation is 1. The van der Waals surface area contributed by atoms with E-state index in [4.69, 9.17) is 10.5 Å². The van der Waals surface area contributed by atoms with E-state index < -0.39 is 27.6 Å². The summed E-state index contributed by atoms with van der Waals surface area (Å²) in [6.07, 6.45) is 0. The second kappa shape index (κ2) is 10.8. The van der Waals surface area contributed by atoms with Gasteiger partial charge < -0.3 is 10.7 Å². The van der Waals surface area contributed by atoms with Crippen molar-refractivity contribution < 1.29 is 22.0 Å². The van der Waals surface area contributed by atoms with E-state index in [-0.39, 0.29) is 10.5 Å². The Hall–Kier alpha value is -3.69. The molecule has 6 nitrogen and oxygen atoms in total. The number of carbonyl (C=O) groups excluding carboxylic acids is 1. The van der Waals surface area contributed by atoms with Crippen LogP contribution in [0.25, 0.3) is 16.7 Å². The van der Waals surface area contributed by atoms with E-state index in [1.807, 2.05) is 0 Å². The summed E-state index contributed by atoms with van der Waals surface area (Å²) >= 11 is 0. The highest BCUT2D eigenvalue weighted by atomic mass is 32.2. The zero-order chi connectivity index (χ0) is 24.8. The van der Waals surface area contributed by atoms with Crippen molar-refractivity contribution in [1.29, 1.82) is 5.41 Å². The molecule has 3 aromatic carbocycles. The average Bonchev–Trinajstić information content (AvgIpc) is 2.81. The molecule has 0 saturated heterocycles. The molecule has 0 spiro atoms. The first-order chi connectivity index (χ1) is 15.6. The summed E-state index contributed by atoms with van der Waals surface area (Å²) in [7, 11) is -3.91. The van der Waals surface area contributed by atoms with E-state index >= 15 is 0 Å². The number of sulfonamides is 1. The van der Waals surface area contributed by atoms with Crippen molar-refractivity contribution in [2.45, 2.75) is 18.7 Å². The van der Waals surface area contributed by atoms with Crippen LogP contribution in [0.5, 0.6) is 0 Å². The molecule has 1 amide bonds. The Labute approximate surface area is 191 Å². The number of nitrogens with two attached hydrogens (primary N) is 1. The Morgan fingerprint density at radius 2 is 1.64 bits per heavy atom. The molecule has 0 atom stereocenters. The number of hydrogen-bond acceptors (Lipinski definition) is 4. The lowest BCUT2D eigenvalue weighted by molar-refractivity contribution is -0.114. The number of amides is 1. The molecule has 33 heavy (non-hydrogen) atoms. The summed E-state index contributed by atoms with van der Waals surface area (Å²) in [6.45, 7) is 5.49. The van der Waals surface area contributed by atoms with Crippen LogP contribution >= 0.6 is 0 Å². The predicted molar refractivity (Wildman–Crippen MR) is 127 cm³/mol. The Bertz CT molecular complexity index is 1300. The first kappa shape index (κ1) is 25.6. The molecule has 0 unspecified atom stereocenters. The van der Waals surface area contributed by atoms with E-state index in [1.165, 1.54) is 43.3 Å². The molecule has 0 saturated carbocycles. The number of primary sulfonamides is 1. The van der Waals surface area contributed by atoms with Gasteiger partial charge in [-0.25, -0.2) is 22.3 Å². The number of benzene rings is 3. The van der Waals surface area contributed by atoms with Crippen molar-refractivity contribution in [3.63, 3.8) is 0 Å². The van der Waals surface area contributed by atoms with Gasteiger partial charge in [-0.2, -0.15) is 0 Å². The molecule has 0 aliphatic rings.